The minimum Gasteiger partial charge on any atom is -0.492 e. The van der Waals surface area contributed by atoms with Crippen molar-refractivity contribution in [2.24, 2.45) is 11.8 Å². The molecule has 1 saturated heterocycles. The maximum Gasteiger partial charge on any atom is 0.391 e. The number of anilines is 1. The van der Waals surface area contributed by atoms with E-state index in [1.165, 1.54) is 6.20 Å². The van der Waals surface area contributed by atoms with Crippen LogP contribution in [0, 0.1) is 18.8 Å². The Kier molecular flexibility index (Phi) is 7.25. The van der Waals surface area contributed by atoms with Gasteiger partial charge in [0.15, 0.2) is 0 Å². The van der Waals surface area contributed by atoms with Crippen LogP contribution in [0.1, 0.15) is 53.4 Å². The third-order valence-corrected chi connectivity index (χ3v) is 6.62. The fraction of sp³-hybridized carbons (Fsp3) is 0.542. The second-order valence-electron chi connectivity index (χ2n) is 8.98. The molecule has 0 amide bonds. The summed E-state index contributed by atoms with van der Waals surface area (Å²) in [5.41, 5.74) is 2.31. The van der Waals surface area contributed by atoms with Crippen molar-refractivity contribution in [1.29, 1.82) is 0 Å². The van der Waals surface area contributed by atoms with E-state index in [1.54, 1.807) is 25.4 Å². The predicted octanol–water partition coefficient (Wildman–Crippen LogP) is 4.81. The summed E-state index contributed by atoms with van der Waals surface area (Å²) in [6.45, 7) is 3.75. The lowest BCUT2D eigenvalue weighted by Crippen LogP contribution is -2.38. The van der Waals surface area contributed by atoms with E-state index in [-0.39, 0.29) is 30.4 Å². The molecular formula is C24H28F3N3O4. The molecule has 10 heteroatoms. The number of aryl methyl sites for hydroxylation is 1. The Balaban J connectivity index is 1.35. The zero-order valence-electron chi connectivity index (χ0n) is 18.9. The highest BCUT2D eigenvalue weighted by atomic mass is 19.4. The van der Waals surface area contributed by atoms with Crippen LogP contribution in [0.15, 0.2) is 30.7 Å². The van der Waals surface area contributed by atoms with Crippen molar-refractivity contribution in [2.45, 2.75) is 44.9 Å². The second-order valence-corrected chi connectivity index (χ2v) is 8.98. The first-order valence-corrected chi connectivity index (χ1v) is 11.4. The lowest BCUT2D eigenvalue weighted by Gasteiger charge is -2.34. The summed E-state index contributed by atoms with van der Waals surface area (Å²) in [7, 11) is 0. The van der Waals surface area contributed by atoms with Crippen LogP contribution >= 0.6 is 0 Å². The van der Waals surface area contributed by atoms with Crippen molar-refractivity contribution in [3.05, 3.63) is 47.5 Å². The molecule has 1 aliphatic heterocycles. The number of carboxylic acid groups (broad SMARTS) is 1. The summed E-state index contributed by atoms with van der Waals surface area (Å²) in [6, 6.07) is 3.62. The highest BCUT2D eigenvalue weighted by molar-refractivity contribution is 5.88. The van der Waals surface area contributed by atoms with Crippen LogP contribution in [0.3, 0.4) is 0 Å². The monoisotopic (exact) mass is 479 g/mol. The molecular weight excluding hydrogens is 451 g/mol. The maximum absolute atomic E-state index is 12.9. The van der Waals surface area contributed by atoms with E-state index in [0.29, 0.717) is 56.2 Å². The third-order valence-electron chi connectivity index (χ3n) is 6.62. The van der Waals surface area contributed by atoms with Gasteiger partial charge in [-0.25, -0.2) is 4.79 Å². The maximum atomic E-state index is 12.9. The average Bonchev–Trinajstić information content (AvgIpc) is 2.82. The van der Waals surface area contributed by atoms with Gasteiger partial charge in [-0.1, -0.05) is 0 Å². The van der Waals surface area contributed by atoms with Gasteiger partial charge in [0, 0.05) is 18.8 Å². The van der Waals surface area contributed by atoms with Gasteiger partial charge >= 0.3 is 12.1 Å². The number of halogens is 3. The molecule has 0 aromatic carbocycles. The van der Waals surface area contributed by atoms with Gasteiger partial charge in [-0.2, -0.15) is 13.2 Å². The van der Waals surface area contributed by atoms with Crippen LogP contribution < -0.4 is 9.64 Å². The standard InChI is InChI=1S/C24H28F3N3O4/c1-15-8-21(29-12-20(15)23(31)32)22-13-30(6-7-33-22)18-9-19(11-28-10-18)34-14-16-2-4-17(5-3-16)24(25,26)27/h8-12,16-17,22H,2-7,13-14H2,1H3,(H,31,32). The molecule has 1 saturated carbocycles. The molecule has 7 nitrogen and oxygen atoms in total. The summed E-state index contributed by atoms with van der Waals surface area (Å²) in [6.07, 6.45) is 1.61. The summed E-state index contributed by atoms with van der Waals surface area (Å²) < 4.78 is 50.4. The molecule has 2 fully saturated rings. The van der Waals surface area contributed by atoms with Crippen molar-refractivity contribution in [1.82, 2.24) is 9.97 Å². The first-order valence-electron chi connectivity index (χ1n) is 11.4. The number of hydrogen-bond acceptors (Lipinski definition) is 6. The van der Waals surface area contributed by atoms with Crippen LogP contribution in [-0.2, 0) is 4.74 Å². The largest absolute Gasteiger partial charge is 0.492 e. The van der Waals surface area contributed by atoms with E-state index in [2.05, 4.69) is 14.9 Å². The van der Waals surface area contributed by atoms with E-state index in [1.807, 2.05) is 6.07 Å². The van der Waals surface area contributed by atoms with Gasteiger partial charge in [-0.15, -0.1) is 0 Å². The molecule has 0 radical (unpaired) electrons. The molecule has 1 unspecified atom stereocenters. The summed E-state index contributed by atoms with van der Waals surface area (Å²) >= 11 is 0. The van der Waals surface area contributed by atoms with E-state index in [4.69, 9.17) is 9.47 Å². The lowest BCUT2D eigenvalue weighted by molar-refractivity contribution is -0.184. The number of morpholine rings is 1. The van der Waals surface area contributed by atoms with E-state index < -0.39 is 18.1 Å². The van der Waals surface area contributed by atoms with Crippen molar-refractivity contribution in [2.75, 3.05) is 31.2 Å². The van der Waals surface area contributed by atoms with Gasteiger partial charge in [0.2, 0.25) is 0 Å². The van der Waals surface area contributed by atoms with Crippen LogP contribution in [0.4, 0.5) is 18.9 Å². The molecule has 0 spiro atoms. The van der Waals surface area contributed by atoms with E-state index >= 15 is 0 Å². The Morgan fingerprint density at radius 1 is 1.21 bits per heavy atom. The van der Waals surface area contributed by atoms with E-state index in [0.717, 1.165) is 5.69 Å². The number of nitrogens with zero attached hydrogens (tertiary/aromatic N) is 3. The molecule has 1 aliphatic carbocycles. The van der Waals surface area contributed by atoms with Crippen molar-refractivity contribution >= 4 is 11.7 Å². The minimum absolute atomic E-state index is 0.109. The number of carbonyl (C=O) groups is 1. The lowest BCUT2D eigenvalue weighted by atomic mass is 9.82. The number of alkyl halides is 3. The smallest absolute Gasteiger partial charge is 0.391 e. The Labute approximate surface area is 195 Å². The second kappa shape index (κ2) is 10.2. The molecule has 3 heterocycles. The SMILES string of the molecule is Cc1cc(C2CN(c3cncc(OCC4CCC(C(F)(F)F)CC4)c3)CCO2)ncc1C(=O)O. The highest BCUT2D eigenvalue weighted by Crippen LogP contribution is 2.39. The normalized spacial score (nSPS) is 23.5. The number of aromatic nitrogens is 2. The molecule has 34 heavy (non-hydrogen) atoms. The van der Waals surface area contributed by atoms with Gasteiger partial charge in [0.05, 0.1) is 55.0 Å². The summed E-state index contributed by atoms with van der Waals surface area (Å²) in [4.78, 5) is 21.9. The van der Waals surface area contributed by atoms with Crippen molar-refractivity contribution in [3.8, 4) is 5.75 Å². The molecule has 2 aromatic rings. The predicted molar refractivity (Wildman–Crippen MR) is 118 cm³/mol. The zero-order valence-corrected chi connectivity index (χ0v) is 18.9. The third kappa shape index (κ3) is 5.78. The Hall–Kier alpha value is -2.88. The van der Waals surface area contributed by atoms with Crippen LogP contribution in [0.5, 0.6) is 5.75 Å². The average molecular weight is 479 g/mol. The summed E-state index contributed by atoms with van der Waals surface area (Å²) in [5, 5.41) is 9.21. The zero-order chi connectivity index (χ0) is 24.3. The number of hydrogen-bond donors (Lipinski definition) is 1. The molecule has 1 N–H and O–H groups in total. The van der Waals surface area contributed by atoms with Crippen LogP contribution in [-0.4, -0.2) is 53.5 Å². The fourth-order valence-electron chi connectivity index (χ4n) is 4.57. The molecule has 2 aliphatic rings. The van der Waals surface area contributed by atoms with Crippen LogP contribution in [0.25, 0.3) is 0 Å². The molecule has 184 valence electrons. The minimum atomic E-state index is -4.10. The van der Waals surface area contributed by atoms with Crippen molar-refractivity contribution < 1.29 is 32.5 Å². The van der Waals surface area contributed by atoms with Gasteiger partial charge in [0.1, 0.15) is 11.9 Å². The first kappa shape index (κ1) is 24.3. The van der Waals surface area contributed by atoms with E-state index in [9.17, 15) is 23.1 Å². The Bertz CT molecular complexity index is 1010. The summed E-state index contributed by atoms with van der Waals surface area (Å²) in [5.74, 6) is -1.52. The highest BCUT2D eigenvalue weighted by Gasteiger charge is 2.41. The van der Waals surface area contributed by atoms with Crippen molar-refractivity contribution in [3.63, 3.8) is 0 Å². The van der Waals surface area contributed by atoms with Gasteiger partial charge in [-0.05, 0) is 50.2 Å². The quantitative estimate of drug-likeness (QED) is 0.637. The topological polar surface area (TPSA) is 84.8 Å². The number of carboxylic acids is 1. The molecule has 1 atom stereocenters. The van der Waals surface area contributed by atoms with Gasteiger partial charge in [0.25, 0.3) is 0 Å². The molecule has 4 rings (SSSR count). The number of rotatable bonds is 6. The van der Waals surface area contributed by atoms with Gasteiger partial charge in [-0.3, -0.25) is 9.97 Å². The molecule has 2 aromatic heterocycles. The first-order chi connectivity index (χ1) is 16.2. The van der Waals surface area contributed by atoms with Crippen LogP contribution in [0.2, 0.25) is 0 Å². The molecule has 0 bridgehead atoms. The number of aromatic carboxylic acids is 1. The Morgan fingerprint density at radius 2 is 1.97 bits per heavy atom. The fourth-order valence-corrected chi connectivity index (χ4v) is 4.57. The van der Waals surface area contributed by atoms with Gasteiger partial charge < -0.3 is 19.5 Å². The number of pyridine rings is 2. The Morgan fingerprint density at radius 3 is 2.65 bits per heavy atom. The number of ether oxygens (including phenoxy) is 2.